The summed E-state index contributed by atoms with van der Waals surface area (Å²) in [5.41, 5.74) is 22.7. The lowest BCUT2D eigenvalue weighted by Crippen LogP contribution is -2.23. The summed E-state index contributed by atoms with van der Waals surface area (Å²) >= 11 is 6.90. The number of hydrogen-bond acceptors (Lipinski definition) is 12. The molecule has 0 saturated heterocycles. The minimum Gasteiger partial charge on any atom is -0.341 e. The Balaban J connectivity index is 1.06. The van der Waals surface area contributed by atoms with E-state index in [1.807, 2.05) is 0 Å². The number of fused-ring (bicyclic) bond motifs is 8. The Hall–Kier alpha value is -9.82. The fourth-order valence-electron chi connectivity index (χ4n) is 12.5. The molecule has 0 fully saturated rings. The van der Waals surface area contributed by atoms with Gasteiger partial charge < -0.3 is 19.6 Å². The minimum atomic E-state index is 0.888. The predicted octanol–water partition coefficient (Wildman–Crippen LogP) is 21.2. The largest absolute Gasteiger partial charge is 0.341 e. The van der Waals surface area contributed by atoms with Crippen molar-refractivity contribution in [1.82, 2.24) is 19.9 Å². The SMILES string of the molecule is CN1c2ccccc2N(c2cccc(-c3c(-c4nc5ccccc5s4)c(-c4nc5ccccc5s4)c(-c4cccc(N5c6ccccc6N(C)c6ccccc65)c4)c(-c4nc5ccccc5s4)c3-c3nc4ccccc4s3)c2)c2ccccc21. The van der Waals surface area contributed by atoms with Gasteiger partial charge in [-0.15, -0.1) is 45.3 Å². The smallest absolute Gasteiger partial charge is 0.125 e. The third-order valence-corrected chi connectivity index (χ3v) is 20.5. The highest BCUT2D eigenvalue weighted by molar-refractivity contribution is 7.24. The number of hydrogen-bond donors (Lipinski definition) is 0. The van der Waals surface area contributed by atoms with Crippen molar-refractivity contribution in [3.63, 3.8) is 0 Å². The van der Waals surface area contributed by atoms with Gasteiger partial charge in [-0.1, -0.05) is 121 Å². The molecule has 0 saturated carbocycles. The minimum absolute atomic E-state index is 0.888. The van der Waals surface area contributed by atoms with Crippen LogP contribution < -0.4 is 19.6 Å². The van der Waals surface area contributed by atoms with Crippen LogP contribution in [0.3, 0.4) is 0 Å². The van der Waals surface area contributed by atoms with Crippen LogP contribution in [0.5, 0.6) is 0 Å². The van der Waals surface area contributed by atoms with Gasteiger partial charge in [-0.05, 0) is 132 Å². The van der Waals surface area contributed by atoms with Gasteiger partial charge in [0.2, 0.25) is 0 Å². The second-order valence-electron chi connectivity index (χ2n) is 21.0. The Kier molecular flexibility index (Phi) is 11.3. The molecule has 0 radical (unpaired) electrons. The summed E-state index contributed by atoms with van der Waals surface area (Å²) in [6.07, 6.45) is 0. The zero-order valence-corrected chi connectivity index (χ0v) is 48.6. The molecule has 8 nitrogen and oxygen atoms in total. The quantitative estimate of drug-likeness (QED) is 0.149. The Morgan fingerprint density at radius 3 is 0.774 bits per heavy atom. The zero-order valence-electron chi connectivity index (χ0n) is 45.3. The molecule has 0 atom stereocenters. The molecule has 17 rings (SSSR count). The first-order chi connectivity index (χ1) is 41.5. The molecule has 0 unspecified atom stereocenters. The number of para-hydroxylation sites is 12. The van der Waals surface area contributed by atoms with E-state index >= 15 is 0 Å². The standard InChI is InChI=1S/C72H46N8S4/c1-77-51-29-7-11-33-55(51)79(56-34-12-8-30-52(56)77)45-23-19-21-43(41-45)63-65(69-73-47-25-3-15-37-59(47)81-69)67(71-75-49-27-5-17-39-61(49)83-71)64(44-22-20-24-46(42-44)80-57-35-13-9-31-53(57)78(2)54-32-10-14-36-58(54)80)68(72-76-50-28-6-18-40-62(50)84-72)66(63)70-74-48-26-4-16-38-60(48)82-70/h3-42H,1-2H3. The van der Waals surface area contributed by atoms with Crippen LogP contribution in [-0.4, -0.2) is 34.0 Å². The summed E-state index contributed by atoms with van der Waals surface area (Å²) in [4.78, 5) is 32.3. The van der Waals surface area contributed by atoms with Crippen LogP contribution in [0, 0.1) is 0 Å². The van der Waals surface area contributed by atoms with Crippen molar-refractivity contribution in [2.24, 2.45) is 0 Å². The molecule has 11 aromatic carbocycles. The average molecular weight is 1150 g/mol. The van der Waals surface area contributed by atoms with Crippen LogP contribution in [0.15, 0.2) is 243 Å². The predicted molar refractivity (Wildman–Crippen MR) is 357 cm³/mol. The number of thiazole rings is 4. The van der Waals surface area contributed by atoms with Gasteiger partial charge in [-0.25, -0.2) is 19.9 Å². The molecule has 4 aromatic heterocycles. The molecular weight excluding hydrogens is 1110 g/mol. The molecule has 0 N–H and O–H groups in total. The van der Waals surface area contributed by atoms with Gasteiger partial charge >= 0.3 is 0 Å². The summed E-state index contributed by atoms with van der Waals surface area (Å²) < 4.78 is 4.39. The van der Waals surface area contributed by atoms with Crippen molar-refractivity contribution in [2.75, 3.05) is 33.7 Å². The van der Waals surface area contributed by atoms with E-state index in [2.05, 4.69) is 276 Å². The third kappa shape index (κ3) is 7.68. The van der Waals surface area contributed by atoms with Crippen LogP contribution in [0.1, 0.15) is 0 Å². The second-order valence-corrected chi connectivity index (χ2v) is 25.2. The third-order valence-electron chi connectivity index (χ3n) is 16.3. The van der Waals surface area contributed by atoms with Crippen molar-refractivity contribution in [1.29, 1.82) is 0 Å². The highest BCUT2D eigenvalue weighted by Gasteiger charge is 2.36. The molecule has 84 heavy (non-hydrogen) atoms. The summed E-state index contributed by atoms with van der Waals surface area (Å²) in [6, 6.07) is 87.2. The van der Waals surface area contributed by atoms with E-state index in [1.54, 1.807) is 45.3 Å². The molecule has 398 valence electrons. The Bertz CT molecular complexity index is 4430. The van der Waals surface area contributed by atoms with E-state index in [0.717, 1.165) is 162 Å². The van der Waals surface area contributed by atoms with Crippen LogP contribution in [-0.2, 0) is 0 Å². The zero-order chi connectivity index (χ0) is 55.6. The van der Waals surface area contributed by atoms with Crippen molar-refractivity contribution in [2.45, 2.75) is 0 Å². The van der Waals surface area contributed by atoms with Crippen LogP contribution >= 0.6 is 45.3 Å². The first kappa shape index (κ1) is 48.8. The van der Waals surface area contributed by atoms with Gasteiger partial charge in [0.05, 0.1) is 86.4 Å². The van der Waals surface area contributed by atoms with E-state index < -0.39 is 0 Å². The monoisotopic (exact) mass is 1150 g/mol. The number of anilines is 10. The van der Waals surface area contributed by atoms with Crippen LogP contribution in [0.4, 0.5) is 56.9 Å². The van der Waals surface area contributed by atoms with Crippen molar-refractivity contribution >= 4 is 143 Å². The Labute approximate surface area is 500 Å². The first-order valence-electron chi connectivity index (χ1n) is 27.8. The first-order valence-corrected chi connectivity index (χ1v) is 31.1. The van der Waals surface area contributed by atoms with Crippen LogP contribution in [0.25, 0.3) is 105 Å². The maximum absolute atomic E-state index is 5.72. The highest BCUT2D eigenvalue weighted by atomic mass is 32.1. The molecule has 0 amide bonds. The van der Waals surface area contributed by atoms with E-state index in [0.29, 0.717) is 0 Å². The molecule has 0 spiro atoms. The topological polar surface area (TPSA) is 64.5 Å². The van der Waals surface area contributed by atoms with Gasteiger partial charge in [-0.2, -0.15) is 0 Å². The molecule has 2 aliphatic rings. The summed E-state index contributed by atoms with van der Waals surface area (Å²) in [7, 11) is 4.32. The summed E-state index contributed by atoms with van der Waals surface area (Å²) in [5.74, 6) is 0. The van der Waals surface area contributed by atoms with Gasteiger partial charge in [0, 0.05) is 58.9 Å². The van der Waals surface area contributed by atoms with E-state index in [9.17, 15) is 0 Å². The van der Waals surface area contributed by atoms with Crippen molar-refractivity contribution < 1.29 is 0 Å². The van der Waals surface area contributed by atoms with Crippen LogP contribution in [0.2, 0.25) is 0 Å². The van der Waals surface area contributed by atoms with E-state index in [1.165, 1.54) is 0 Å². The fourth-order valence-corrected chi connectivity index (χ4v) is 16.6. The lowest BCUT2D eigenvalue weighted by Gasteiger charge is -2.38. The van der Waals surface area contributed by atoms with E-state index in [-0.39, 0.29) is 0 Å². The summed E-state index contributed by atoms with van der Waals surface area (Å²) in [6.45, 7) is 0. The molecule has 2 aliphatic heterocycles. The lowest BCUT2D eigenvalue weighted by atomic mass is 9.81. The highest BCUT2D eigenvalue weighted by Crippen LogP contribution is 2.61. The molecule has 12 heteroatoms. The molecule has 0 aliphatic carbocycles. The maximum Gasteiger partial charge on any atom is 0.125 e. The van der Waals surface area contributed by atoms with Gasteiger partial charge in [0.25, 0.3) is 0 Å². The second kappa shape index (κ2) is 19.4. The van der Waals surface area contributed by atoms with Gasteiger partial charge in [0.15, 0.2) is 0 Å². The molecule has 0 bridgehead atoms. The normalized spacial score (nSPS) is 12.8. The molecule has 6 heterocycles. The number of aromatic nitrogens is 4. The van der Waals surface area contributed by atoms with Crippen molar-refractivity contribution in [3.05, 3.63) is 243 Å². The van der Waals surface area contributed by atoms with Gasteiger partial charge in [0.1, 0.15) is 20.0 Å². The lowest BCUT2D eigenvalue weighted by molar-refractivity contribution is 1.13. The molecular formula is C72H46N8S4. The average Bonchev–Trinajstić information content (AvgIpc) is 1.70. The number of rotatable bonds is 8. The van der Waals surface area contributed by atoms with Gasteiger partial charge in [-0.3, -0.25) is 0 Å². The van der Waals surface area contributed by atoms with E-state index in [4.69, 9.17) is 19.9 Å². The van der Waals surface area contributed by atoms with Crippen molar-refractivity contribution in [3.8, 4) is 64.5 Å². The number of nitrogens with zero attached hydrogens (tertiary/aromatic N) is 8. The molecule has 15 aromatic rings. The summed E-state index contributed by atoms with van der Waals surface area (Å²) in [5, 5.41) is 3.55. The maximum atomic E-state index is 5.72. The Morgan fingerprint density at radius 2 is 0.500 bits per heavy atom. The fraction of sp³-hybridized carbons (Fsp3) is 0.0278. The number of benzene rings is 11. The Morgan fingerprint density at radius 1 is 0.250 bits per heavy atom.